The van der Waals surface area contributed by atoms with Gasteiger partial charge in [0.15, 0.2) is 0 Å². The summed E-state index contributed by atoms with van der Waals surface area (Å²) in [7, 11) is 0. The number of para-hydroxylation sites is 1. The SMILES string of the molecule is CC(O)CN(C(=O)CCN1C(=O)CCc2ccccc21)C(C)C. The molecule has 0 aliphatic carbocycles. The maximum atomic E-state index is 12.5. The Morgan fingerprint density at radius 1 is 1.26 bits per heavy atom. The monoisotopic (exact) mass is 318 g/mol. The summed E-state index contributed by atoms with van der Waals surface area (Å²) in [5.74, 6) is 0.0416. The molecule has 1 atom stereocenters. The molecule has 1 N–H and O–H groups in total. The standard InChI is InChI=1S/C18H26N2O3/c1-13(2)20(12-14(3)21)18(23)10-11-19-16-7-5-4-6-15(16)8-9-17(19)22/h4-7,13-14,21H,8-12H2,1-3H3. The van der Waals surface area contributed by atoms with Crippen molar-refractivity contribution in [2.75, 3.05) is 18.0 Å². The Hall–Kier alpha value is -1.88. The van der Waals surface area contributed by atoms with Crippen molar-refractivity contribution < 1.29 is 14.7 Å². The molecule has 0 fully saturated rings. The average molecular weight is 318 g/mol. The molecule has 0 bridgehead atoms. The Kier molecular flexibility index (Phi) is 5.77. The second-order valence-corrected chi connectivity index (χ2v) is 6.41. The fourth-order valence-corrected chi connectivity index (χ4v) is 2.98. The van der Waals surface area contributed by atoms with E-state index in [1.165, 1.54) is 0 Å². The first-order chi connectivity index (χ1) is 10.9. The molecule has 1 aliphatic heterocycles. The summed E-state index contributed by atoms with van der Waals surface area (Å²) in [6.07, 6.45) is 0.968. The molecule has 1 aliphatic rings. The highest BCUT2D eigenvalue weighted by molar-refractivity contribution is 5.97. The van der Waals surface area contributed by atoms with Crippen LogP contribution < -0.4 is 4.90 Å². The van der Waals surface area contributed by atoms with Crippen LogP contribution in [0.15, 0.2) is 24.3 Å². The van der Waals surface area contributed by atoms with Crippen LogP contribution in [0.5, 0.6) is 0 Å². The van der Waals surface area contributed by atoms with E-state index in [2.05, 4.69) is 0 Å². The zero-order chi connectivity index (χ0) is 17.0. The topological polar surface area (TPSA) is 60.9 Å². The number of anilines is 1. The number of amides is 2. The number of aliphatic hydroxyl groups is 1. The van der Waals surface area contributed by atoms with Crippen LogP contribution >= 0.6 is 0 Å². The van der Waals surface area contributed by atoms with Gasteiger partial charge in [-0.05, 0) is 38.8 Å². The van der Waals surface area contributed by atoms with Gasteiger partial charge in [0.1, 0.15) is 0 Å². The highest BCUT2D eigenvalue weighted by Crippen LogP contribution is 2.27. The number of hydrogen-bond donors (Lipinski definition) is 1. The van der Waals surface area contributed by atoms with Crippen LogP contribution in [0.2, 0.25) is 0 Å². The lowest BCUT2D eigenvalue weighted by atomic mass is 10.0. The minimum Gasteiger partial charge on any atom is -0.392 e. The van der Waals surface area contributed by atoms with Crippen molar-refractivity contribution >= 4 is 17.5 Å². The molecule has 0 spiro atoms. The molecule has 1 aromatic carbocycles. The molecule has 2 amide bonds. The second-order valence-electron chi connectivity index (χ2n) is 6.41. The van der Waals surface area contributed by atoms with E-state index in [1.54, 1.807) is 16.7 Å². The van der Waals surface area contributed by atoms with E-state index in [1.807, 2.05) is 38.1 Å². The van der Waals surface area contributed by atoms with Crippen LogP contribution in [0.3, 0.4) is 0 Å². The highest BCUT2D eigenvalue weighted by Gasteiger charge is 2.25. The molecular formula is C18H26N2O3. The van der Waals surface area contributed by atoms with Gasteiger partial charge in [0.25, 0.3) is 0 Å². The molecule has 0 radical (unpaired) electrons. The number of nitrogens with zero attached hydrogens (tertiary/aromatic N) is 2. The van der Waals surface area contributed by atoms with Crippen LogP contribution in [-0.4, -0.2) is 47.1 Å². The van der Waals surface area contributed by atoms with E-state index in [4.69, 9.17) is 0 Å². The van der Waals surface area contributed by atoms with Crippen LogP contribution in [0.25, 0.3) is 0 Å². The van der Waals surface area contributed by atoms with Crippen LogP contribution in [0.4, 0.5) is 5.69 Å². The fourth-order valence-electron chi connectivity index (χ4n) is 2.98. The van der Waals surface area contributed by atoms with Crippen molar-refractivity contribution in [2.45, 2.75) is 52.2 Å². The Balaban J connectivity index is 2.05. The van der Waals surface area contributed by atoms with E-state index >= 15 is 0 Å². The maximum Gasteiger partial charge on any atom is 0.227 e. The number of aliphatic hydroxyl groups excluding tert-OH is 1. The average Bonchev–Trinajstić information content (AvgIpc) is 2.51. The van der Waals surface area contributed by atoms with Gasteiger partial charge in [0.2, 0.25) is 11.8 Å². The predicted octanol–water partition coefficient (Wildman–Crippen LogP) is 1.97. The molecule has 23 heavy (non-hydrogen) atoms. The summed E-state index contributed by atoms with van der Waals surface area (Å²) >= 11 is 0. The highest BCUT2D eigenvalue weighted by atomic mass is 16.3. The van der Waals surface area contributed by atoms with Gasteiger partial charge < -0.3 is 14.9 Å². The number of benzene rings is 1. The minimum atomic E-state index is -0.557. The minimum absolute atomic E-state index is 0.0291. The summed E-state index contributed by atoms with van der Waals surface area (Å²) in [5.41, 5.74) is 2.08. The summed E-state index contributed by atoms with van der Waals surface area (Å²) in [6.45, 7) is 6.25. The number of rotatable bonds is 6. The number of carbonyl (C=O) groups excluding carboxylic acids is 2. The Morgan fingerprint density at radius 3 is 2.61 bits per heavy atom. The van der Waals surface area contributed by atoms with E-state index in [0.29, 0.717) is 19.5 Å². The van der Waals surface area contributed by atoms with E-state index in [9.17, 15) is 14.7 Å². The molecular weight excluding hydrogens is 292 g/mol. The van der Waals surface area contributed by atoms with Gasteiger partial charge in [-0.15, -0.1) is 0 Å². The van der Waals surface area contributed by atoms with E-state index < -0.39 is 6.10 Å². The summed E-state index contributed by atoms with van der Waals surface area (Å²) in [6, 6.07) is 7.89. The number of aryl methyl sites for hydroxylation is 1. The van der Waals surface area contributed by atoms with Crippen molar-refractivity contribution in [3.63, 3.8) is 0 Å². The Labute approximate surface area is 137 Å². The number of hydrogen-bond acceptors (Lipinski definition) is 3. The molecule has 1 aromatic rings. The molecule has 0 saturated heterocycles. The first kappa shape index (κ1) is 17.5. The maximum absolute atomic E-state index is 12.5. The smallest absolute Gasteiger partial charge is 0.227 e. The lowest BCUT2D eigenvalue weighted by Crippen LogP contribution is -2.44. The van der Waals surface area contributed by atoms with Crippen molar-refractivity contribution in [3.8, 4) is 0 Å². The lowest BCUT2D eigenvalue weighted by molar-refractivity contribution is -0.134. The largest absolute Gasteiger partial charge is 0.392 e. The third-order valence-electron chi connectivity index (χ3n) is 4.15. The first-order valence-electron chi connectivity index (χ1n) is 8.26. The molecule has 0 saturated carbocycles. The number of carbonyl (C=O) groups is 2. The molecule has 0 aromatic heterocycles. The van der Waals surface area contributed by atoms with Crippen molar-refractivity contribution in [1.29, 1.82) is 0 Å². The normalized spacial score (nSPS) is 15.5. The zero-order valence-corrected chi connectivity index (χ0v) is 14.2. The van der Waals surface area contributed by atoms with Gasteiger partial charge >= 0.3 is 0 Å². The van der Waals surface area contributed by atoms with Crippen molar-refractivity contribution in [3.05, 3.63) is 29.8 Å². The molecule has 2 rings (SSSR count). The molecule has 1 heterocycles. The number of fused-ring (bicyclic) bond motifs is 1. The Bertz CT molecular complexity index is 569. The van der Waals surface area contributed by atoms with Gasteiger partial charge in [-0.3, -0.25) is 9.59 Å². The van der Waals surface area contributed by atoms with Gasteiger partial charge in [-0.1, -0.05) is 18.2 Å². The van der Waals surface area contributed by atoms with E-state index in [-0.39, 0.29) is 24.3 Å². The van der Waals surface area contributed by atoms with Gasteiger partial charge in [0, 0.05) is 37.7 Å². The molecule has 126 valence electrons. The fraction of sp³-hybridized carbons (Fsp3) is 0.556. The molecule has 5 heteroatoms. The van der Waals surface area contributed by atoms with Crippen molar-refractivity contribution in [1.82, 2.24) is 4.90 Å². The van der Waals surface area contributed by atoms with Crippen LogP contribution in [-0.2, 0) is 16.0 Å². The zero-order valence-electron chi connectivity index (χ0n) is 14.2. The first-order valence-corrected chi connectivity index (χ1v) is 8.26. The van der Waals surface area contributed by atoms with Gasteiger partial charge in [-0.25, -0.2) is 0 Å². The second kappa shape index (κ2) is 7.59. The third kappa shape index (κ3) is 4.32. The van der Waals surface area contributed by atoms with Crippen molar-refractivity contribution in [2.24, 2.45) is 0 Å². The summed E-state index contributed by atoms with van der Waals surface area (Å²) in [4.78, 5) is 28.1. The Morgan fingerprint density at radius 2 is 1.96 bits per heavy atom. The van der Waals surface area contributed by atoms with Crippen LogP contribution in [0.1, 0.15) is 39.2 Å². The van der Waals surface area contributed by atoms with E-state index in [0.717, 1.165) is 17.7 Å². The predicted molar refractivity (Wildman–Crippen MR) is 90.3 cm³/mol. The quantitative estimate of drug-likeness (QED) is 0.872. The molecule has 5 nitrogen and oxygen atoms in total. The summed E-state index contributed by atoms with van der Waals surface area (Å²) in [5, 5.41) is 9.55. The van der Waals surface area contributed by atoms with Gasteiger partial charge in [0.05, 0.1) is 6.10 Å². The molecule has 1 unspecified atom stereocenters. The van der Waals surface area contributed by atoms with Crippen LogP contribution in [0, 0.1) is 0 Å². The van der Waals surface area contributed by atoms with Gasteiger partial charge in [-0.2, -0.15) is 0 Å². The lowest BCUT2D eigenvalue weighted by Gasteiger charge is -2.32. The summed E-state index contributed by atoms with van der Waals surface area (Å²) < 4.78 is 0. The third-order valence-corrected chi connectivity index (χ3v) is 4.15.